The second-order valence-electron chi connectivity index (χ2n) is 3.34. The number of likely N-dealkylation sites (N-methyl/N-ethyl adjacent to an activating group) is 1. The molecule has 2 rings (SSSR count). The van der Waals surface area contributed by atoms with Gasteiger partial charge in [-0.05, 0) is 7.05 Å². The molecule has 1 aromatic rings. The molecule has 4 nitrogen and oxygen atoms in total. The molecule has 4 heteroatoms. The Bertz CT molecular complexity index is 244. The highest BCUT2D eigenvalue weighted by atomic mass is 15.4. The van der Waals surface area contributed by atoms with Crippen LogP contribution < -0.4 is 0 Å². The monoisotopic (exact) mass is 182 g/mol. The lowest BCUT2D eigenvalue weighted by atomic mass is 10.4. The van der Waals surface area contributed by atoms with Gasteiger partial charge in [0.2, 0.25) is 0 Å². The van der Waals surface area contributed by atoms with E-state index < -0.39 is 0 Å². The minimum Gasteiger partial charge on any atom is -0.297 e. The van der Waals surface area contributed by atoms with Crippen LogP contribution in [0.1, 0.15) is 26.1 Å². The molecule has 0 spiro atoms. The molecule has 2 heterocycles. The highest BCUT2D eigenvalue weighted by Gasteiger charge is 2.12. The number of hydrogen-bond acceptors (Lipinski definition) is 3. The minimum absolute atomic E-state index is 0.931. The zero-order valence-electron chi connectivity index (χ0n) is 8.69. The van der Waals surface area contributed by atoms with Gasteiger partial charge in [0.05, 0.1) is 13.1 Å². The van der Waals surface area contributed by atoms with Gasteiger partial charge in [-0.15, -0.1) is 0 Å². The van der Waals surface area contributed by atoms with Crippen molar-refractivity contribution in [3.63, 3.8) is 0 Å². The van der Waals surface area contributed by atoms with Crippen LogP contribution in [0.3, 0.4) is 0 Å². The maximum Gasteiger partial charge on any atom is 0.141 e. The zero-order valence-corrected chi connectivity index (χ0v) is 8.69. The molecule has 0 saturated heterocycles. The van der Waals surface area contributed by atoms with Crippen molar-refractivity contribution in [3.05, 3.63) is 12.2 Å². The van der Waals surface area contributed by atoms with Crippen molar-refractivity contribution in [2.45, 2.75) is 33.4 Å². The van der Waals surface area contributed by atoms with Crippen molar-refractivity contribution in [1.82, 2.24) is 19.7 Å². The molecular formula is C9H18N4. The number of fused-ring (bicyclic) bond motifs is 1. The third-order valence-corrected chi connectivity index (χ3v) is 1.80. The van der Waals surface area contributed by atoms with Gasteiger partial charge in [-0.25, -0.2) is 9.67 Å². The summed E-state index contributed by atoms with van der Waals surface area (Å²) in [5.74, 6) is 1.08. The van der Waals surface area contributed by atoms with E-state index in [2.05, 4.69) is 35.9 Å². The SMILES string of the molecule is CCC.CN1CCn2ncnc2C1. The lowest BCUT2D eigenvalue weighted by Gasteiger charge is -2.21. The molecule has 0 bridgehead atoms. The van der Waals surface area contributed by atoms with Gasteiger partial charge in [-0.2, -0.15) is 5.10 Å². The first-order chi connectivity index (χ1) is 6.27. The number of nitrogens with zero attached hydrogens (tertiary/aromatic N) is 4. The van der Waals surface area contributed by atoms with Gasteiger partial charge < -0.3 is 0 Å². The van der Waals surface area contributed by atoms with Crippen molar-refractivity contribution in [1.29, 1.82) is 0 Å². The van der Waals surface area contributed by atoms with Crippen LogP contribution in [0, 0.1) is 0 Å². The van der Waals surface area contributed by atoms with Crippen LogP contribution >= 0.6 is 0 Å². The summed E-state index contributed by atoms with van der Waals surface area (Å²) in [7, 11) is 2.10. The summed E-state index contributed by atoms with van der Waals surface area (Å²) in [6.45, 7) is 7.24. The maximum absolute atomic E-state index is 4.12. The lowest BCUT2D eigenvalue weighted by Crippen LogP contribution is -2.30. The van der Waals surface area contributed by atoms with Crippen LogP contribution in [0.2, 0.25) is 0 Å². The second-order valence-corrected chi connectivity index (χ2v) is 3.34. The fraction of sp³-hybridized carbons (Fsp3) is 0.778. The molecule has 0 fully saturated rings. The quantitative estimate of drug-likeness (QED) is 0.603. The van der Waals surface area contributed by atoms with Crippen molar-refractivity contribution in [2.75, 3.05) is 13.6 Å². The van der Waals surface area contributed by atoms with E-state index in [0.29, 0.717) is 0 Å². The molecule has 13 heavy (non-hydrogen) atoms. The molecular weight excluding hydrogens is 164 g/mol. The van der Waals surface area contributed by atoms with E-state index in [9.17, 15) is 0 Å². The Balaban J connectivity index is 0.000000251. The second kappa shape index (κ2) is 4.97. The Kier molecular flexibility index (Phi) is 3.89. The van der Waals surface area contributed by atoms with Crippen LogP contribution in [0.4, 0.5) is 0 Å². The molecule has 0 atom stereocenters. The normalized spacial score (nSPS) is 15.9. The molecule has 0 saturated carbocycles. The molecule has 1 aromatic heterocycles. The Labute approximate surface area is 79.6 Å². The number of aromatic nitrogens is 3. The summed E-state index contributed by atoms with van der Waals surface area (Å²) >= 11 is 0. The minimum atomic E-state index is 0.931. The third kappa shape index (κ3) is 2.81. The van der Waals surface area contributed by atoms with Crippen LogP contribution in [-0.4, -0.2) is 33.3 Å². The van der Waals surface area contributed by atoms with Gasteiger partial charge in [-0.1, -0.05) is 20.3 Å². The summed E-state index contributed by atoms with van der Waals surface area (Å²) in [6.07, 6.45) is 2.87. The molecule has 0 amide bonds. The predicted molar refractivity (Wildman–Crippen MR) is 52.3 cm³/mol. The fourth-order valence-electron chi connectivity index (χ4n) is 1.18. The summed E-state index contributed by atoms with van der Waals surface area (Å²) in [5, 5.41) is 4.07. The smallest absolute Gasteiger partial charge is 0.141 e. The van der Waals surface area contributed by atoms with Gasteiger partial charge >= 0.3 is 0 Å². The molecule has 0 aliphatic carbocycles. The lowest BCUT2D eigenvalue weighted by molar-refractivity contribution is 0.254. The molecule has 1 aliphatic rings. The van der Waals surface area contributed by atoms with Crippen LogP contribution in [0.15, 0.2) is 6.33 Å². The standard InChI is InChI=1S/C6H10N4.C3H8/c1-9-2-3-10-6(4-9)7-5-8-10;1-3-2/h5H,2-4H2,1H3;3H2,1-2H3. The average Bonchev–Trinajstić information content (AvgIpc) is 2.52. The highest BCUT2D eigenvalue weighted by Crippen LogP contribution is 2.04. The van der Waals surface area contributed by atoms with E-state index in [1.54, 1.807) is 6.33 Å². The molecule has 0 N–H and O–H groups in total. The topological polar surface area (TPSA) is 34.0 Å². The van der Waals surface area contributed by atoms with Crippen LogP contribution in [0.5, 0.6) is 0 Å². The molecule has 0 aromatic carbocycles. The summed E-state index contributed by atoms with van der Waals surface area (Å²) in [4.78, 5) is 6.36. The largest absolute Gasteiger partial charge is 0.297 e. The van der Waals surface area contributed by atoms with E-state index in [-0.39, 0.29) is 0 Å². The van der Waals surface area contributed by atoms with Crippen molar-refractivity contribution < 1.29 is 0 Å². The van der Waals surface area contributed by atoms with Crippen LogP contribution in [-0.2, 0) is 13.1 Å². The van der Waals surface area contributed by atoms with Crippen molar-refractivity contribution in [3.8, 4) is 0 Å². The maximum atomic E-state index is 4.12. The van der Waals surface area contributed by atoms with E-state index in [1.165, 1.54) is 6.42 Å². The summed E-state index contributed by atoms with van der Waals surface area (Å²) in [5.41, 5.74) is 0. The van der Waals surface area contributed by atoms with Gasteiger partial charge in [0.1, 0.15) is 12.2 Å². The van der Waals surface area contributed by atoms with E-state index >= 15 is 0 Å². The molecule has 0 unspecified atom stereocenters. The van der Waals surface area contributed by atoms with Gasteiger partial charge in [-0.3, -0.25) is 4.90 Å². The van der Waals surface area contributed by atoms with Crippen molar-refractivity contribution >= 4 is 0 Å². The third-order valence-electron chi connectivity index (χ3n) is 1.80. The fourth-order valence-corrected chi connectivity index (χ4v) is 1.18. The van der Waals surface area contributed by atoms with Gasteiger partial charge in [0.25, 0.3) is 0 Å². The highest BCUT2D eigenvalue weighted by molar-refractivity contribution is 4.87. The molecule has 0 radical (unpaired) electrons. The first-order valence-corrected chi connectivity index (χ1v) is 4.83. The van der Waals surface area contributed by atoms with E-state index in [0.717, 1.165) is 25.5 Å². The van der Waals surface area contributed by atoms with Gasteiger partial charge in [0.15, 0.2) is 0 Å². The zero-order chi connectivity index (χ0) is 9.68. The number of rotatable bonds is 0. The number of hydrogen-bond donors (Lipinski definition) is 0. The summed E-state index contributed by atoms with van der Waals surface area (Å²) < 4.78 is 1.96. The Morgan fingerprint density at radius 2 is 2.08 bits per heavy atom. The van der Waals surface area contributed by atoms with Crippen LogP contribution in [0.25, 0.3) is 0 Å². The molecule has 74 valence electrons. The van der Waals surface area contributed by atoms with E-state index in [4.69, 9.17) is 0 Å². The first kappa shape index (κ1) is 10.2. The average molecular weight is 182 g/mol. The Morgan fingerprint density at radius 1 is 1.38 bits per heavy atom. The summed E-state index contributed by atoms with van der Waals surface area (Å²) in [6, 6.07) is 0. The van der Waals surface area contributed by atoms with Crippen molar-refractivity contribution in [2.24, 2.45) is 0 Å². The Hall–Kier alpha value is -0.900. The predicted octanol–water partition coefficient (Wildman–Crippen LogP) is 1.14. The first-order valence-electron chi connectivity index (χ1n) is 4.83. The van der Waals surface area contributed by atoms with E-state index in [1.807, 2.05) is 4.68 Å². The Morgan fingerprint density at radius 3 is 2.77 bits per heavy atom. The molecule has 1 aliphatic heterocycles. The van der Waals surface area contributed by atoms with Gasteiger partial charge in [0, 0.05) is 6.54 Å².